The summed E-state index contributed by atoms with van der Waals surface area (Å²) in [6.07, 6.45) is 0.208. The minimum atomic E-state index is -1.07. The van der Waals surface area contributed by atoms with Gasteiger partial charge in [-0.25, -0.2) is 15.0 Å². The van der Waals surface area contributed by atoms with Crippen LogP contribution in [0.15, 0.2) is 43.0 Å². The van der Waals surface area contributed by atoms with Crippen LogP contribution in [0.3, 0.4) is 0 Å². The molecule has 2 fully saturated rings. The summed E-state index contributed by atoms with van der Waals surface area (Å²) in [7, 11) is 0. The lowest BCUT2D eigenvalue weighted by Gasteiger charge is -2.24. The van der Waals surface area contributed by atoms with Gasteiger partial charge >= 0.3 is 6.13 Å². The third-order valence-corrected chi connectivity index (χ3v) is 9.90. The molecule has 2 saturated heterocycles. The molecule has 0 radical (unpaired) electrons. The van der Waals surface area contributed by atoms with Crippen molar-refractivity contribution >= 4 is 64.8 Å². The Balaban J connectivity index is 1.38. The van der Waals surface area contributed by atoms with Crippen LogP contribution in [0, 0.1) is 0 Å². The first-order valence-electron chi connectivity index (χ1n) is 11.3. The van der Waals surface area contributed by atoms with E-state index in [2.05, 4.69) is 32.9 Å². The van der Waals surface area contributed by atoms with Crippen LogP contribution in [0.2, 0.25) is 0 Å². The number of aromatic nitrogens is 4. The number of nitrogens with zero attached hydrogens (tertiary/aromatic N) is 4. The van der Waals surface area contributed by atoms with Crippen molar-refractivity contribution < 1.29 is 23.5 Å². The van der Waals surface area contributed by atoms with Gasteiger partial charge in [0.25, 0.3) is 5.91 Å². The SMILES string of the molecule is CC1(C)O[C@@H]2[C@H](O1)[C@@H](CO[P+](=S)SCCS)O[C@H]2n1cnc2c(NC(=O)c3ccccc3)ncnc21. The van der Waals surface area contributed by atoms with Crippen LogP contribution < -0.4 is 5.32 Å². The number of anilines is 1. The second kappa shape index (κ2) is 11.0. The van der Waals surface area contributed by atoms with E-state index < -0.39 is 24.2 Å². The number of rotatable bonds is 9. The van der Waals surface area contributed by atoms with E-state index in [0.29, 0.717) is 22.5 Å². The molecule has 2 aromatic heterocycles. The molecule has 0 aliphatic carbocycles. The summed E-state index contributed by atoms with van der Waals surface area (Å²) in [4.78, 5) is 25.8. The summed E-state index contributed by atoms with van der Waals surface area (Å²) in [6.45, 7) is 4.02. The molecule has 10 nitrogen and oxygen atoms in total. The molecule has 1 amide bonds. The Hall–Kier alpha value is -1.70. The summed E-state index contributed by atoms with van der Waals surface area (Å²) in [6, 6.07) is 8.90. The molecular weight excluding hydrogens is 541 g/mol. The molecule has 3 aromatic rings. The zero-order valence-corrected chi connectivity index (χ0v) is 22.9. The fourth-order valence-electron chi connectivity index (χ4n) is 4.20. The minimum Gasteiger partial charge on any atom is -0.346 e. The monoisotopic (exact) mass is 566 g/mol. The minimum absolute atomic E-state index is 0.284. The summed E-state index contributed by atoms with van der Waals surface area (Å²) in [5, 5.41) is 2.82. The molecule has 4 heterocycles. The number of ether oxygens (including phenoxy) is 3. The maximum atomic E-state index is 12.7. The molecule has 14 heteroatoms. The van der Waals surface area contributed by atoms with Gasteiger partial charge in [0.05, 0.1) is 12.1 Å². The Labute approximate surface area is 223 Å². The second-order valence-corrected chi connectivity index (χ2v) is 13.8. The third kappa shape index (κ3) is 5.44. The van der Waals surface area contributed by atoms with E-state index in [-0.39, 0.29) is 24.7 Å². The van der Waals surface area contributed by atoms with E-state index >= 15 is 0 Å². The summed E-state index contributed by atoms with van der Waals surface area (Å²) >= 11 is 11.2. The number of carbonyl (C=O) groups excluding carboxylic acids is 1. The van der Waals surface area contributed by atoms with Crippen molar-refractivity contribution in [2.24, 2.45) is 0 Å². The zero-order valence-electron chi connectivity index (χ0n) is 19.5. The number of thiol groups is 1. The first-order chi connectivity index (χ1) is 17.4. The molecule has 36 heavy (non-hydrogen) atoms. The number of hydrogen-bond donors (Lipinski definition) is 2. The normalized spacial score (nSPS) is 25.1. The maximum absolute atomic E-state index is 12.7. The number of benzene rings is 1. The van der Waals surface area contributed by atoms with Crippen molar-refractivity contribution in [1.82, 2.24) is 19.5 Å². The molecule has 1 unspecified atom stereocenters. The molecule has 1 aromatic carbocycles. The van der Waals surface area contributed by atoms with Crippen LogP contribution in [0.5, 0.6) is 0 Å². The Morgan fingerprint density at radius 3 is 2.81 bits per heavy atom. The Bertz CT molecular complexity index is 1260. The Kier molecular flexibility index (Phi) is 7.89. The van der Waals surface area contributed by atoms with Crippen LogP contribution in [-0.2, 0) is 30.5 Å². The highest BCUT2D eigenvalue weighted by atomic mass is 32.9. The van der Waals surface area contributed by atoms with E-state index in [4.69, 9.17) is 30.5 Å². The number of fused-ring (bicyclic) bond motifs is 2. The van der Waals surface area contributed by atoms with Crippen molar-refractivity contribution in [3.8, 4) is 0 Å². The van der Waals surface area contributed by atoms with E-state index in [0.717, 1.165) is 11.5 Å². The quantitative estimate of drug-likeness (QED) is 0.292. The van der Waals surface area contributed by atoms with Gasteiger partial charge in [-0.1, -0.05) is 18.2 Å². The molecular formula is C22H25N5O5PS3+. The van der Waals surface area contributed by atoms with E-state index in [1.54, 1.807) is 46.5 Å². The molecule has 1 N–H and O–H groups in total. The van der Waals surface area contributed by atoms with Gasteiger partial charge in [-0.3, -0.25) is 9.36 Å². The van der Waals surface area contributed by atoms with Crippen molar-refractivity contribution in [2.75, 3.05) is 23.4 Å². The highest BCUT2D eigenvalue weighted by Gasteiger charge is 2.56. The second-order valence-electron chi connectivity index (χ2n) is 8.57. The van der Waals surface area contributed by atoms with Crippen LogP contribution in [0.25, 0.3) is 11.2 Å². The Morgan fingerprint density at radius 2 is 2.03 bits per heavy atom. The van der Waals surface area contributed by atoms with Gasteiger partial charge < -0.3 is 19.5 Å². The molecule has 0 bridgehead atoms. The molecule has 190 valence electrons. The number of hydrogen-bond acceptors (Lipinski definition) is 11. The summed E-state index contributed by atoms with van der Waals surface area (Å²) < 4.78 is 26.4. The van der Waals surface area contributed by atoms with Gasteiger partial charge in [-0.15, -0.1) is 0 Å². The molecule has 5 rings (SSSR count). The fraction of sp³-hybridized carbons (Fsp3) is 0.455. The number of carbonyl (C=O) groups is 1. The van der Waals surface area contributed by atoms with Gasteiger partial charge in [-0.2, -0.15) is 17.2 Å². The van der Waals surface area contributed by atoms with Gasteiger partial charge in [-0.05, 0) is 26.0 Å². The highest BCUT2D eigenvalue weighted by molar-refractivity contribution is 8.62. The fourth-order valence-corrected chi connectivity index (χ4v) is 7.46. The van der Waals surface area contributed by atoms with Crippen LogP contribution in [0.4, 0.5) is 5.82 Å². The molecule has 2 aliphatic heterocycles. The Morgan fingerprint density at radius 1 is 1.25 bits per heavy atom. The molecule has 5 atom stereocenters. The van der Waals surface area contributed by atoms with E-state index in [1.165, 1.54) is 6.33 Å². The summed E-state index contributed by atoms with van der Waals surface area (Å²) in [5.41, 5.74) is 1.46. The lowest BCUT2D eigenvalue weighted by atomic mass is 10.1. The average Bonchev–Trinajstić information content (AvgIpc) is 3.53. The topological polar surface area (TPSA) is 110 Å². The average molecular weight is 567 g/mol. The molecule has 0 saturated carbocycles. The lowest BCUT2D eigenvalue weighted by molar-refractivity contribution is -0.198. The predicted octanol–water partition coefficient (Wildman–Crippen LogP) is 3.95. The van der Waals surface area contributed by atoms with E-state index in [1.807, 2.05) is 19.9 Å². The predicted molar refractivity (Wildman–Crippen MR) is 144 cm³/mol. The number of amides is 1. The van der Waals surface area contributed by atoms with Gasteiger partial charge in [0, 0.05) is 11.3 Å². The third-order valence-electron chi connectivity index (χ3n) is 5.66. The van der Waals surface area contributed by atoms with Gasteiger partial charge in [0.2, 0.25) is 11.8 Å². The smallest absolute Gasteiger partial charge is 0.346 e. The first kappa shape index (κ1) is 25.9. The van der Waals surface area contributed by atoms with Crippen LogP contribution in [0.1, 0.15) is 30.4 Å². The van der Waals surface area contributed by atoms with Crippen LogP contribution >= 0.6 is 30.1 Å². The van der Waals surface area contributed by atoms with Crippen molar-refractivity contribution in [2.45, 2.75) is 44.2 Å². The molecule has 0 spiro atoms. The largest absolute Gasteiger partial charge is 0.414 e. The number of nitrogens with one attached hydrogen (secondary N) is 1. The van der Waals surface area contributed by atoms with Crippen molar-refractivity contribution in [3.63, 3.8) is 0 Å². The zero-order chi connectivity index (χ0) is 25.3. The number of imidazole rings is 1. The van der Waals surface area contributed by atoms with E-state index in [9.17, 15) is 4.79 Å². The van der Waals surface area contributed by atoms with Gasteiger partial charge in [0.1, 0.15) is 42.6 Å². The van der Waals surface area contributed by atoms with Crippen molar-refractivity contribution in [1.29, 1.82) is 0 Å². The van der Waals surface area contributed by atoms with Gasteiger partial charge in [0.15, 0.2) is 29.0 Å². The maximum Gasteiger partial charge on any atom is 0.414 e. The highest BCUT2D eigenvalue weighted by Crippen LogP contribution is 2.46. The molecule has 2 aliphatic rings. The standard InChI is InChI=1S/C22H24N5O5PS3/c1-22(2)31-16-14(10-29-33(35)36-9-8-34)30-21(17(16)32-22)27-12-25-15-18(23-11-24-19(15)27)26-20(28)13-6-4-3-5-7-13/h3-7,11-12,14,16-17,21H,8-10H2,1-2H3,(H-,23,24,26,28,34)/p+1/t14-,16-,17-,21-/m1/s1. The van der Waals surface area contributed by atoms with Crippen LogP contribution in [-0.4, -0.2) is 67.6 Å². The lowest BCUT2D eigenvalue weighted by Crippen LogP contribution is -2.32. The first-order valence-corrected chi connectivity index (χ1v) is 15.7. The summed E-state index contributed by atoms with van der Waals surface area (Å²) in [5.74, 6) is 0.809. The van der Waals surface area contributed by atoms with Crippen molar-refractivity contribution in [3.05, 3.63) is 48.5 Å².